The van der Waals surface area contributed by atoms with Crippen LogP contribution in [0, 0.1) is 0 Å². The van der Waals surface area contributed by atoms with E-state index in [9.17, 15) is 18.0 Å². The van der Waals surface area contributed by atoms with E-state index >= 15 is 0 Å². The molecule has 0 heterocycles. The molecule has 0 aliphatic heterocycles. The van der Waals surface area contributed by atoms with E-state index in [4.69, 9.17) is 15.2 Å². The highest BCUT2D eigenvalue weighted by Gasteiger charge is 2.37. The number of nitrogens with one attached hydrogen (secondary N) is 1. The number of halogens is 3. The fourth-order valence-electron chi connectivity index (χ4n) is 1.74. The fourth-order valence-corrected chi connectivity index (χ4v) is 1.74. The highest BCUT2D eigenvalue weighted by Crippen LogP contribution is 2.28. The van der Waals surface area contributed by atoms with Gasteiger partial charge in [-0.3, -0.25) is 5.32 Å². The van der Waals surface area contributed by atoms with E-state index in [2.05, 4.69) is 5.32 Å². The van der Waals surface area contributed by atoms with Crippen LogP contribution in [0.15, 0.2) is 18.2 Å². The summed E-state index contributed by atoms with van der Waals surface area (Å²) in [5.74, 6) is 0.389. The van der Waals surface area contributed by atoms with Crippen molar-refractivity contribution in [3.63, 3.8) is 0 Å². The molecule has 5 nitrogen and oxygen atoms in total. The molecule has 8 heteroatoms. The minimum atomic E-state index is -4.52. The van der Waals surface area contributed by atoms with Crippen molar-refractivity contribution in [3.8, 4) is 5.75 Å². The number of alkyl halides is 3. The lowest BCUT2D eigenvalue weighted by molar-refractivity contribution is -0.147. The van der Waals surface area contributed by atoms with Gasteiger partial charge in [0, 0.05) is 6.07 Å². The predicted molar refractivity (Wildman–Crippen MR) is 80.6 cm³/mol. The number of carbonyl (C=O) groups excluding carboxylic acids is 1. The molecular weight excluding hydrogens is 313 g/mol. The van der Waals surface area contributed by atoms with E-state index in [0.29, 0.717) is 5.75 Å². The quantitative estimate of drug-likeness (QED) is 0.884. The standard InChI is InChI=1S/C15H21F3N2O3/c1-14(2,3)23-13(21)20-11-8-10(22-4)6-5-9(11)7-12(19)15(16,17)18/h5-6,8,12H,7,19H2,1-4H3,(H,20,21). The predicted octanol–water partition coefficient (Wildman–Crippen LogP) is 3.47. The van der Waals surface area contributed by atoms with E-state index < -0.39 is 30.3 Å². The van der Waals surface area contributed by atoms with E-state index in [1.807, 2.05) is 0 Å². The van der Waals surface area contributed by atoms with Gasteiger partial charge in [0.15, 0.2) is 0 Å². The molecule has 0 fully saturated rings. The summed E-state index contributed by atoms with van der Waals surface area (Å²) in [7, 11) is 1.41. The first-order valence-electron chi connectivity index (χ1n) is 6.91. The SMILES string of the molecule is COc1ccc(CC(N)C(F)(F)F)c(NC(=O)OC(C)(C)C)c1. The number of anilines is 1. The molecule has 1 rings (SSSR count). The third-order valence-electron chi connectivity index (χ3n) is 2.81. The molecule has 0 saturated carbocycles. The lowest BCUT2D eigenvalue weighted by Gasteiger charge is -2.22. The normalized spacial score (nSPS) is 13.4. The zero-order valence-electron chi connectivity index (χ0n) is 13.5. The van der Waals surface area contributed by atoms with E-state index in [-0.39, 0.29) is 11.3 Å². The number of hydrogen-bond acceptors (Lipinski definition) is 4. The number of hydrogen-bond donors (Lipinski definition) is 2. The Morgan fingerprint density at radius 2 is 1.91 bits per heavy atom. The summed E-state index contributed by atoms with van der Waals surface area (Å²) in [5.41, 5.74) is 4.83. The number of methoxy groups -OCH3 is 1. The van der Waals surface area contributed by atoms with Gasteiger partial charge in [-0.25, -0.2) is 4.79 Å². The second-order valence-corrected chi connectivity index (χ2v) is 6.00. The van der Waals surface area contributed by atoms with Crippen LogP contribution >= 0.6 is 0 Å². The molecule has 23 heavy (non-hydrogen) atoms. The minimum absolute atomic E-state index is 0.165. The Bertz CT molecular complexity index is 554. The molecule has 1 unspecified atom stereocenters. The van der Waals surface area contributed by atoms with Gasteiger partial charge in [-0.05, 0) is 38.8 Å². The molecule has 1 aromatic carbocycles. The first-order chi connectivity index (χ1) is 10.4. The monoisotopic (exact) mass is 334 g/mol. The first-order valence-corrected chi connectivity index (χ1v) is 6.91. The summed E-state index contributed by atoms with van der Waals surface area (Å²) in [6, 6.07) is 2.31. The Morgan fingerprint density at radius 3 is 2.39 bits per heavy atom. The van der Waals surface area contributed by atoms with Crippen LogP contribution in [0.5, 0.6) is 5.75 Å². The Labute approximate surface area is 132 Å². The first kappa shape index (κ1) is 19.1. The molecule has 0 aromatic heterocycles. The van der Waals surface area contributed by atoms with Gasteiger partial charge in [-0.2, -0.15) is 13.2 Å². The van der Waals surface area contributed by atoms with Crippen molar-refractivity contribution in [2.45, 2.75) is 45.0 Å². The van der Waals surface area contributed by atoms with Crippen LogP contribution < -0.4 is 15.8 Å². The zero-order chi connectivity index (χ0) is 17.8. The summed E-state index contributed by atoms with van der Waals surface area (Å²) in [6.45, 7) is 5.04. The van der Waals surface area contributed by atoms with Crippen molar-refractivity contribution in [1.82, 2.24) is 0 Å². The van der Waals surface area contributed by atoms with Crippen LogP contribution in [-0.2, 0) is 11.2 Å². The van der Waals surface area contributed by atoms with Gasteiger partial charge in [0.1, 0.15) is 17.4 Å². The molecule has 0 aliphatic rings. The average Bonchev–Trinajstić information content (AvgIpc) is 2.37. The van der Waals surface area contributed by atoms with Crippen molar-refractivity contribution in [2.24, 2.45) is 5.73 Å². The molecule has 0 bridgehead atoms. The summed E-state index contributed by atoms with van der Waals surface area (Å²) < 4.78 is 48.0. The number of benzene rings is 1. The van der Waals surface area contributed by atoms with Crippen molar-refractivity contribution in [3.05, 3.63) is 23.8 Å². The molecule has 1 atom stereocenters. The van der Waals surface area contributed by atoms with Gasteiger partial charge in [0.05, 0.1) is 12.8 Å². The van der Waals surface area contributed by atoms with Crippen LogP contribution in [0.3, 0.4) is 0 Å². The maximum absolute atomic E-state index is 12.6. The van der Waals surface area contributed by atoms with Crippen LogP contribution in [0.2, 0.25) is 0 Å². The summed E-state index contributed by atoms with van der Waals surface area (Å²) in [6.07, 6.45) is -5.77. The van der Waals surface area contributed by atoms with Crippen LogP contribution in [0.1, 0.15) is 26.3 Å². The molecular formula is C15H21F3N2O3. The van der Waals surface area contributed by atoms with Gasteiger partial charge < -0.3 is 15.2 Å². The second kappa shape index (κ2) is 7.08. The number of ether oxygens (including phenoxy) is 2. The summed E-state index contributed by atoms with van der Waals surface area (Å²) in [4.78, 5) is 11.8. The highest BCUT2D eigenvalue weighted by atomic mass is 19.4. The summed E-state index contributed by atoms with van der Waals surface area (Å²) >= 11 is 0. The van der Waals surface area contributed by atoms with Gasteiger partial charge in [0.25, 0.3) is 0 Å². The molecule has 0 radical (unpaired) electrons. The van der Waals surface area contributed by atoms with Crippen molar-refractivity contribution < 1.29 is 27.4 Å². The van der Waals surface area contributed by atoms with Crippen molar-refractivity contribution in [2.75, 3.05) is 12.4 Å². The maximum Gasteiger partial charge on any atom is 0.412 e. The van der Waals surface area contributed by atoms with Crippen molar-refractivity contribution >= 4 is 11.8 Å². The van der Waals surface area contributed by atoms with E-state index in [1.54, 1.807) is 20.8 Å². The van der Waals surface area contributed by atoms with E-state index in [0.717, 1.165) is 0 Å². The molecule has 130 valence electrons. The zero-order valence-corrected chi connectivity index (χ0v) is 13.5. The Balaban J connectivity index is 3.01. The largest absolute Gasteiger partial charge is 0.497 e. The maximum atomic E-state index is 12.6. The second-order valence-electron chi connectivity index (χ2n) is 6.00. The number of nitrogens with two attached hydrogens (primary N) is 1. The third-order valence-corrected chi connectivity index (χ3v) is 2.81. The van der Waals surface area contributed by atoms with Crippen LogP contribution in [0.25, 0.3) is 0 Å². The lowest BCUT2D eigenvalue weighted by atomic mass is 10.0. The minimum Gasteiger partial charge on any atom is -0.497 e. The number of carbonyl (C=O) groups is 1. The topological polar surface area (TPSA) is 73.6 Å². The third kappa shape index (κ3) is 6.35. The van der Waals surface area contributed by atoms with Crippen LogP contribution in [0.4, 0.5) is 23.7 Å². The fraction of sp³-hybridized carbons (Fsp3) is 0.533. The molecule has 0 aliphatic carbocycles. The number of amides is 1. The van der Waals surface area contributed by atoms with Crippen LogP contribution in [-0.4, -0.2) is 31.0 Å². The molecule has 1 amide bonds. The molecule has 1 aromatic rings. The Morgan fingerprint density at radius 1 is 1.30 bits per heavy atom. The number of rotatable bonds is 4. The van der Waals surface area contributed by atoms with Gasteiger partial charge >= 0.3 is 12.3 Å². The Hall–Kier alpha value is -1.96. The van der Waals surface area contributed by atoms with Crippen molar-refractivity contribution in [1.29, 1.82) is 0 Å². The molecule has 0 saturated heterocycles. The average molecular weight is 334 g/mol. The molecule has 3 N–H and O–H groups in total. The molecule has 0 spiro atoms. The lowest BCUT2D eigenvalue weighted by Crippen LogP contribution is -2.39. The van der Waals surface area contributed by atoms with Gasteiger partial charge in [0.2, 0.25) is 0 Å². The smallest absolute Gasteiger partial charge is 0.412 e. The summed E-state index contributed by atoms with van der Waals surface area (Å²) in [5, 5.41) is 2.43. The van der Waals surface area contributed by atoms with Gasteiger partial charge in [-0.15, -0.1) is 0 Å². The Kier molecular flexibility index (Phi) is 5.87. The highest BCUT2D eigenvalue weighted by molar-refractivity contribution is 5.86. The van der Waals surface area contributed by atoms with E-state index in [1.165, 1.54) is 25.3 Å². The van der Waals surface area contributed by atoms with Gasteiger partial charge in [-0.1, -0.05) is 6.07 Å².